The lowest BCUT2D eigenvalue weighted by Gasteiger charge is -2.17. The molecule has 0 radical (unpaired) electrons. The predicted octanol–water partition coefficient (Wildman–Crippen LogP) is 2.29. The van der Waals surface area contributed by atoms with Crippen LogP contribution in [0, 0.1) is 0 Å². The minimum atomic E-state index is -0.177. The highest BCUT2D eigenvalue weighted by Gasteiger charge is 2.11. The third-order valence-corrected chi connectivity index (χ3v) is 3.44. The number of carbonyl (C=O) groups excluding carboxylic acids is 1. The van der Waals surface area contributed by atoms with Crippen LogP contribution < -0.4 is 10.6 Å². The molecule has 0 aliphatic rings. The van der Waals surface area contributed by atoms with Gasteiger partial charge in [-0.1, -0.05) is 26.0 Å². The molecule has 5 heteroatoms. The fourth-order valence-electron chi connectivity index (χ4n) is 2.35. The third-order valence-electron chi connectivity index (χ3n) is 3.44. The van der Waals surface area contributed by atoms with Gasteiger partial charge in [-0.3, -0.25) is 4.79 Å². The van der Waals surface area contributed by atoms with Crippen molar-refractivity contribution in [3.8, 4) is 5.69 Å². The molecule has 1 aromatic carbocycles. The highest BCUT2D eigenvalue weighted by molar-refractivity contribution is 5.91. The summed E-state index contributed by atoms with van der Waals surface area (Å²) in [6, 6.07) is 10.3. The van der Waals surface area contributed by atoms with Crippen LogP contribution in [-0.4, -0.2) is 29.3 Å². The monoisotopic (exact) mass is 286 g/mol. The molecule has 1 aromatic heterocycles. The third kappa shape index (κ3) is 3.49. The second-order valence-corrected chi connectivity index (χ2v) is 4.84. The number of amides is 1. The molecule has 0 bridgehead atoms. The Morgan fingerprint density at radius 2 is 2.14 bits per heavy atom. The first-order chi connectivity index (χ1) is 10.2. The summed E-state index contributed by atoms with van der Waals surface area (Å²) in [6.07, 6.45) is 2.83. The van der Waals surface area contributed by atoms with Gasteiger partial charge in [0.2, 0.25) is 0 Å². The Morgan fingerprint density at radius 3 is 2.81 bits per heavy atom. The summed E-state index contributed by atoms with van der Waals surface area (Å²) in [5.41, 5.74) is 2.61. The molecule has 1 unspecified atom stereocenters. The van der Waals surface area contributed by atoms with Crippen molar-refractivity contribution in [3.63, 3.8) is 0 Å². The van der Waals surface area contributed by atoms with Crippen molar-refractivity contribution in [2.24, 2.45) is 0 Å². The molecule has 0 saturated carbocycles. The van der Waals surface area contributed by atoms with Crippen LogP contribution in [0.25, 0.3) is 5.69 Å². The molecule has 2 N–H and O–H groups in total. The van der Waals surface area contributed by atoms with Crippen molar-refractivity contribution in [2.45, 2.75) is 26.3 Å². The van der Waals surface area contributed by atoms with Gasteiger partial charge in [-0.25, -0.2) is 4.68 Å². The number of nitrogens with zero attached hydrogens (tertiary/aromatic N) is 2. The van der Waals surface area contributed by atoms with Crippen molar-refractivity contribution in [3.05, 3.63) is 47.8 Å². The molecule has 1 amide bonds. The normalized spacial score (nSPS) is 12.1. The first-order valence-electron chi connectivity index (χ1n) is 7.31. The van der Waals surface area contributed by atoms with Crippen LogP contribution in [-0.2, 0) is 0 Å². The zero-order chi connectivity index (χ0) is 15.2. The molecule has 2 rings (SSSR count). The summed E-state index contributed by atoms with van der Waals surface area (Å²) in [5, 5.41) is 10.4. The summed E-state index contributed by atoms with van der Waals surface area (Å²) < 4.78 is 1.73. The average Bonchev–Trinajstić information content (AvgIpc) is 3.02. The van der Waals surface area contributed by atoms with Gasteiger partial charge in [-0.15, -0.1) is 0 Å². The number of aromatic nitrogens is 2. The van der Waals surface area contributed by atoms with Crippen LogP contribution >= 0.6 is 0 Å². The molecule has 0 spiro atoms. The van der Waals surface area contributed by atoms with E-state index in [2.05, 4.69) is 41.7 Å². The molecule has 5 nitrogen and oxygen atoms in total. The molecule has 1 atom stereocenters. The minimum Gasteiger partial charge on any atom is -0.354 e. The van der Waals surface area contributed by atoms with Crippen molar-refractivity contribution in [2.75, 3.05) is 13.6 Å². The van der Waals surface area contributed by atoms with Gasteiger partial charge in [0.15, 0.2) is 5.69 Å². The first kappa shape index (κ1) is 15.3. The van der Waals surface area contributed by atoms with Gasteiger partial charge < -0.3 is 10.6 Å². The highest BCUT2D eigenvalue weighted by Crippen LogP contribution is 2.19. The van der Waals surface area contributed by atoms with E-state index in [1.165, 1.54) is 5.56 Å². The van der Waals surface area contributed by atoms with Crippen molar-refractivity contribution in [1.29, 1.82) is 0 Å². The molecule has 21 heavy (non-hydrogen) atoms. The van der Waals surface area contributed by atoms with Crippen molar-refractivity contribution >= 4 is 5.91 Å². The summed E-state index contributed by atoms with van der Waals surface area (Å²) >= 11 is 0. The quantitative estimate of drug-likeness (QED) is 0.856. The van der Waals surface area contributed by atoms with Crippen LogP contribution in [0.4, 0.5) is 0 Å². The summed E-state index contributed by atoms with van der Waals surface area (Å²) in [4.78, 5) is 11.6. The van der Waals surface area contributed by atoms with Gasteiger partial charge in [0.1, 0.15) is 0 Å². The minimum absolute atomic E-state index is 0.177. The van der Waals surface area contributed by atoms with E-state index in [1.54, 1.807) is 24.0 Å². The number of rotatable bonds is 6. The zero-order valence-electron chi connectivity index (χ0n) is 12.8. The Kier molecular flexibility index (Phi) is 5.11. The summed E-state index contributed by atoms with van der Waals surface area (Å²) in [7, 11) is 1.60. The average molecular weight is 286 g/mol. The number of nitrogens with one attached hydrogen (secondary N) is 2. The van der Waals surface area contributed by atoms with E-state index in [0.717, 1.165) is 18.7 Å². The van der Waals surface area contributed by atoms with Gasteiger partial charge in [0.05, 0.1) is 5.69 Å². The Morgan fingerprint density at radius 1 is 1.33 bits per heavy atom. The molecule has 2 aromatic rings. The van der Waals surface area contributed by atoms with E-state index in [9.17, 15) is 4.79 Å². The maximum Gasteiger partial charge on any atom is 0.271 e. The predicted molar refractivity (Wildman–Crippen MR) is 83.7 cm³/mol. The van der Waals surface area contributed by atoms with E-state index >= 15 is 0 Å². The largest absolute Gasteiger partial charge is 0.354 e. The van der Waals surface area contributed by atoms with E-state index in [4.69, 9.17) is 0 Å². The summed E-state index contributed by atoms with van der Waals surface area (Å²) in [6.45, 7) is 5.21. The Hall–Kier alpha value is -2.14. The lowest BCUT2D eigenvalue weighted by Crippen LogP contribution is -2.20. The Bertz CT molecular complexity index is 606. The second-order valence-electron chi connectivity index (χ2n) is 4.84. The molecular formula is C16H22N4O. The second kappa shape index (κ2) is 7.04. The highest BCUT2D eigenvalue weighted by atomic mass is 16.1. The first-order valence-corrected chi connectivity index (χ1v) is 7.31. The molecule has 1 heterocycles. The van der Waals surface area contributed by atoms with Crippen LogP contribution in [0.15, 0.2) is 36.5 Å². The lowest BCUT2D eigenvalue weighted by atomic mass is 10.0. The van der Waals surface area contributed by atoms with Crippen molar-refractivity contribution in [1.82, 2.24) is 20.4 Å². The smallest absolute Gasteiger partial charge is 0.271 e. The molecule has 0 fully saturated rings. The number of carbonyl (C=O) groups is 1. The topological polar surface area (TPSA) is 59.0 Å². The van der Waals surface area contributed by atoms with E-state index < -0.39 is 0 Å². The fourth-order valence-corrected chi connectivity index (χ4v) is 2.35. The Labute approximate surface area is 125 Å². The van der Waals surface area contributed by atoms with E-state index in [1.807, 2.05) is 12.1 Å². The van der Waals surface area contributed by atoms with Crippen LogP contribution in [0.3, 0.4) is 0 Å². The van der Waals surface area contributed by atoms with Gasteiger partial charge in [0, 0.05) is 19.3 Å². The standard InChI is InChI=1S/C16H22N4O/c1-4-14(18-5-2)12-7-6-8-13(11-12)20-10-9-15(19-20)16(21)17-3/h6-11,14,18H,4-5H2,1-3H3,(H,17,21). The molecule has 0 aliphatic heterocycles. The fraction of sp³-hybridized carbons (Fsp3) is 0.375. The van der Waals surface area contributed by atoms with E-state index in [0.29, 0.717) is 11.7 Å². The number of benzene rings is 1. The molecule has 0 aliphatic carbocycles. The number of hydrogen-bond acceptors (Lipinski definition) is 3. The maximum atomic E-state index is 11.6. The van der Waals surface area contributed by atoms with Crippen LogP contribution in [0.1, 0.15) is 42.4 Å². The zero-order valence-corrected chi connectivity index (χ0v) is 12.8. The van der Waals surface area contributed by atoms with Gasteiger partial charge in [-0.05, 0) is 36.7 Å². The lowest BCUT2D eigenvalue weighted by molar-refractivity contribution is 0.0957. The summed E-state index contributed by atoms with van der Waals surface area (Å²) in [5.74, 6) is -0.177. The number of hydrogen-bond donors (Lipinski definition) is 2. The Balaban J connectivity index is 2.28. The van der Waals surface area contributed by atoms with Gasteiger partial charge in [0.25, 0.3) is 5.91 Å². The van der Waals surface area contributed by atoms with Crippen LogP contribution in [0.2, 0.25) is 0 Å². The van der Waals surface area contributed by atoms with E-state index in [-0.39, 0.29) is 5.91 Å². The molecule has 0 saturated heterocycles. The maximum absolute atomic E-state index is 11.6. The van der Waals surface area contributed by atoms with Crippen molar-refractivity contribution < 1.29 is 4.79 Å². The van der Waals surface area contributed by atoms with Crippen LogP contribution in [0.5, 0.6) is 0 Å². The van der Waals surface area contributed by atoms with Gasteiger partial charge >= 0.3 is 0 Å². The molecular weight excluding hydrogens is 264 g/mol. The van der Waals surface area contributed by atoms with Gasteiger partial charge in [-0.2, -0.15) is 5.10 Å². The molecule has 112 valence electrons. The SMILES string of the molecule is CCNC(CC)c1cccc(-n2ccc(C(=O)NC)n2)c1.